The topological polar surface area (TPSA) is 18.5 Å². The van der Waals surface area contributed by atoms with Gasteiger partial charge in [-0.15, -0.1) is 0 Å². The Labute approximate surface area is 112 Å². The molecule has 2 heteroatoms. The van der Waals surface area contributed by atoms with Gasteiger partial charge in [0.05, 0.1) is 19.6 Å². The maximum Gasteiger partial charge on any atom is 0.101 e. The highest BCUT2D eigenvalue weighted by atomic mass is 16.5. The molecule has 0 radical (unpaired) electrons. The lowest BCUT2D eigenvalue weighted by molar-refractivity contribution is 0.0129. The second-order valence-electron chi connectivity index (χ2n) is 5.90. The Morgan fingerprint density at radius 1 is 1.28 bits per heavy atom. The van der Waals surface area contributed by atoms with Gasteiger partial charge in [0.1, 0.15) is 6.10 Å². The molecule has 0 N–H and O–H groups in total. The normalized spacial score (nSPS) is 29.9. The van der Waals surface area contributed by atoms with Crippen molar-refractivity contribution in [2.45, 2.75) is 53.1 Å². The number of hydrogen-bond donors (Lipinski definition) is 0. The fourth-order valence-electron chi connectivity index (χ4n) is 2.68. The maximum absolute atomic E-state index is 6.02. The average molecular weight is 252 g/mol. The second-order valence-corrected chi connectivity index (χ2v) is 5.90. The molecule has 0 spiro atoms. The third-order valence-corrected chi connectivity index (χ3v) is 3.86. The molecule has 1 aliphatic rings. The van der Waals surface area contributed by atoms with Gasteiger partial charge >= 0.3 is 0 Å². The van der Waals surface area contributed by atoms with E-state index in [0.717, 1.165) is 11.5 Å². The zero-order chi connectivity index (χ0) is 13.5. The molecular weight excluding hydrogens is 224 g/mol. The van der Waals surface area contributed by atoms with E-state index in [1.54, 1.807) is 13.4 Å². The molecule has 0 bridgehead atoms. The van der Waals surface area contributed by atoms with Crippen LogP contribution in [0.5, 0.6) is 0 Å². The summed E-state index contributed by atoms with van der Waals surface area (Å²) < 4.78 is 10.9. The molecule has 2 nitrogen and oxygen atoms in total. The van der Waals surface area contributed by atoms with Crippen molar-refractivity contribution in [3.63, 3.8) is 0 Å². The summed E-state index contributed by atoms with van der Waals surface area (Å²) in [6.45, 7) is 8.97. The zero-order valence-electron chi connectivity index (χ0n) is 12.5. The van der Waals surface area contributed by atoms with Crippen LogP contribution >= 0.6 is 0 Å². The van der Waals surface area contributed by atoms with E-state index in [1.165, 1.54) is 19.3 Å². The highest BCUT2D eigenvalue weighted by molar-refractivity contribution is 5.11. The van der Waals surface area contributed by atoms with Gasteiger partial charge < -0.3 is 9.47 Å². The quantitative estimate of drug-likeness (QED) is 0.529. The van der Waals surface area contributed by atoms with Crippen molar-refractivity contribution in [2.75, 3.05) is 7.11 Å². The van der Waals surface area contributed by atoms with Crippen molar-refractivity contribution < 1.29 is 9.47 Å². The maximum atomic E-state index is 6.02. The van der Waals surface area contributed by atoms with E-state index in [4.69, 9.17) is 9.47 Å². The Bertz CT molecular complexity index is 291. The number of allylic oxidation sites excluding steroid dienone is 2. The zero-order valence-corrected chi connectivity index (χ0v) is 12.5. The summed E-state index contributed by atoms with van der Waals surface area (Å²) in [6.07, 6.45) is 9.68. The monoisotopic (exact) mass is 252 g/mol. The fourth-order valence-corrected chi connectivity index (χ4v) is 2.68. The Balaban J connectivity index is 2.58. The lowest BCUT2D eigenvalue weighted by Crippen LogP contribution is -2.33. The van der Waals surface area contributed by atoms with Gasteiger partial charge in [-0.25, -0.2) is 0 Å². The highest BCUT2D eigenvalue weighted by Crippen LogP contribution is 2.35. The van der Waals surface area contributed by atoms with Gasteiger partial charge in [-0.05, 0) is 49.2 Å². The van der Waals surface area contributed by atoms with Gasteiger partial charge in [0.15, 0.2) is 0 Å². The minimum atomic E-state index is 0.375. The SMILES string of the molecule is CO/C=C/C(C)=C/O[C@@H]1C[C@H](C)CC[C@H]1C(C)C. The van der Waals surface area contributed by atoms with Crippen LogP contribution < -0.4 is 0 Å². The number of ether oxygens (including phenoxy) is 2. The molecule has 1 saturated carbocycles. The predicted octanol–water partition coefficient (Wildman–Crippen LogP) is 4.53. The van der Waals surface area contributed by atoms with E-state index < -0.39 is 0 Å². The number of methoxy groups -OCH3 is 1. The van der Waals surface area contributed by atoms with Gasteiger partial charge in [-0.1, -0.05) is 27.2 Å². The Morgan fingerprint density at radius 3 is 2.61 bits per heavy atom. The molecule has 0 saturated heterocycles. The van der Waals surface area contributed by atoms with Crippen molar-refractivity contribution >= 4 is 0 Å². The number of hydrogen-bond acceptors (Lipinski definition) is 2. The largest absolute Gasteiger partial charge is 0.504 e. The summed E-state index contributed by atoms with van der Waals surface area (Å²) >= 11 is 0. The smallest absolute Gasteiger partial charge is 0.101 e. The van der Waals surface area contributed by atoms with Gasteiger partial charge in [0.25, 0.3) is 0 Å². The summed E-state index contributed by atoms with van der Waals surface area (Å²) in [4.78, 5) is 0. The van der Waals surface area contributed by atoms with Crippen LogP contribution in [-0.2, 0) is 9.47 Å². The Hall–Kier alpha value is -0.920. The van der Waals surface area contributed by atoms with E-state index in [1.807, 2.05) is 19.3 Å². The third kappa shape index (κ3) is 4.75. The van der Waals surface area contributed by atoms with Crippen LogP contribution in [0.15, 0.2) is 24.2 Å². The molecule has 0 heterocycles. The predicted molar refractivity (Wildman–Crippen MR) is 76.1 cm³/mol. The van der Waals surface area contributed by atoms with Crippen LogP contribution in [0.4, 0.5) is 0 Å². The molecule has 0 unspecified atom stereocenters. The van der Waals surface area contributed by atoms with E-state index >= 15 is 0 Å². The van der Waals surface area contributed by atoms with Crippen molar-refractivity contribution in [1.29, 1.82) is 0 Å². The minimum Gasteiger partial charge on any atom is -0.504 e. The molecule has 0 aromatic heterocycles. The van der Waals surface area contributed by atoms with Gasteiger partial charge in [0.2, 0.25) is 0 Å². The lowest BCUT2D eigenvalue weighted by Gasteiger charge is -2.36. The number of rotatable bonds is 5. The van der Waals surface area contributed by atoms with Crippen molar-refractivity contribution in [3.05, 3.63) is 24.2 Å². The van der Waals surface area contributed by atoms with Crippen LogP contribution in [0.2, 0.25) is 0 Å². The minimum absolute atomic E-state index is 0.375. The standard InChI is InChI=1S/C16H28O2/c1-12(2)15-7-6-13(3)10-16(15)18-11-14(4)8-9-17-5/h8-9,11-13,15-16H,6-7,10H2,1-5H3/b9-8+,14-11+/t13-,15+,16-/m1/s1. The van der Waals surface area contributed by atoms with Crippen LogP contribution in [0.3, 0.4) is 0 Å². The first-order valence-electron chi connectivity index (χ1n) is 7.06. The van der Waals surface area contributed by atoms with Gasteiger partial charge in [-0.2, -0.15) is 0 Å². The molecule has 1 rings (SSSR count). The molecule has 3 atom stereocenters. The molecular formula is C16H28O2. The van der Waals surface area contributed by atoms with Crippen molar-refractivity contribution in [3.8, 4) is 0 Å². The molecule has 0 aromatic carbocycles. The molecule has 1 fully saturated rings. The fraction of sp³-hybridized carbons (Fsp3) is 0.750. The first kappa shape index (κ1) is 15.1. The highest BCUT2D eigenvalue weighted by Gasteiger charge is 2.31. The van der Waals surface area contributed by atoms with Crippen LogP contribution in [0, 0.1) is 17.8 Å². The van der Waals surface area contributed by atoms with E-state index in [0.29, 0.717) is 17.9 Å². The van der Waals surface area contributed by atoms with E-state index in [-0.39, 0.29) is 0 Å². The lowest BCUT2D eigenvalue weighted by atomic mass is 9.75. The summed E-state index contributed by atoms with van der Waals surface area (Å²) in [6, 6.07) is 0. The van der Waals surface area contributed by atoms with Crippen molar-refractivity contribution in [2.24, 2.45) is 17.8 Å². The van der Waals surface area contributed by atoms with Crippen LogP contribution in [-0.4, -0.2) is 13.2 Å². The van der Waals surface area contributed by atoms with Gasteiger partial charge in [-0.3, -0.25) is 0 Å². The Kier molecular flexibility index (Phi) is 6.31. The van der Waals surface area contributed by atoms with Gasteiger partial charge in [0, 0.05) is 0 Å². The molecule has 1 aliphatic carbocycles. The summed E-state index contributed by atoms with van der Waals surface area (Å²) in [5.41, 5.74) is 1.09. The van der Waals surface area contributed by atoms with Crippen molar-refractivity contribution in [1.82, 2.24) is 0 Å². The Morgan fingerprint density at radius 2 is 2.00 bits per heavy atom. The summed E-state index contributed by atoms with van der Waals surface area (Å²) in [7, 11) is 1.66. The molecule has 0 aromatic rings. The molecule has 0 aliphatic heterocycles. The third-order valence-electron chi connectivity index (χ3n) is 3.86. The van der Waals surface area contributed by atoms with E-state index in [2.05, 4.69) is 20.8 Å². The average Bonchev–Trinajstić information content (AvgIpc) is 2.33. The van der Waals surface area contributed by atoms with Crippen LogP contribution in [0.1, 0.15) is 47.0 Å². The van der Waals surface area contributed by atoms with Crippen LogP contribution in [0.25, 0.3) is 0 Å². The first-order chi connectivity index (χ1) is 8.54. The summed E-state index contributed by atoms with van der Waals surface area (Å²) in [5.74, 6) is 2.18. The first-order valence-corrected chi connectivity index (χ1v) is 7.06. The summed E-state index contributed by atoms with van der Waals surface area (Å²) in [5, 5.41) is 0. The molecule has 0 amide bonds. The molecule has 104 valence electrons. The molecule has 18 heavy (non-hydrogen) atoms. The second kappa shape index (κ2) is 7.50. The van der Waals surface area contributed by atoms with E-state index in [9.17, 15) is 0 Å².